The minimum Gasteiger partial charge on any atom is -0.304 e. The summed E-state index contributed by atoms with van der Waals surface area (Å²) in [6, 6.07) is 4.54. The third kappa shape index (κ3) is 3.75. The van der Waals surface area contributed by atoms with E-state index in [1.807, 2.05) is 13.1 Å². The summed E-state index contributed by atoms with van der Waals surface area (Å²) in [5.74, 6) is -0.312. The zero-order chi connectivity index (χ0) is 13.8. The third-order valence-corrected chi connectivity index (χ3v) is 4.41. The van der Waals surface area contributed by atoms with E-state index in [0.29, 0.717) is 11.6 Å². The molecule has 1 aromatic heterocycles. The van der Waals surface area contributed by atoms with E-state index in [1.165, 1.54) is 17.0 Å². The molecule has 0 bridgehead atoms. The normalized spacial score (nSPS) is 12.6. The van der Waals surface area contributed by atoms with Crippen molar-refractivity contribution in [3.63, 3.8) is 0 Å². The van der Waals surface area contributed by atoms with E-state index in [-0.39, 0.29) is 11.9 Å². The average molecular weight is 299 g/mol. The summed E-state index contributed by atoms with van der Waals surface area (Å²) in [5, 5.41) is 4.86. The maximum Gasteiger partial charge on any atom is 0.124 e. The van der Waals surface area contributed by atoms with Crippen molar-refractivity contribution < 1.29 is 4.39 Å². The van der Waals surface area contributed by atoms with Crippen LogP contribution in [-0.2, 0) is 13.0 Å². The molecule has 0 spiro atoms. The molecule has 1 N–H and O–H groups in total. The molecule has 102 valence electrons. The van der Waals surface area contributed by atoms with Gasteiger partial charge in [-0.1, -0.05) is 24.6 Å². The zero-order valence-electron chi connectivity index (χ0n) is 10.9. The zero-order valence-corrected chi connectivity index (χ0v) is 12.5. The summed E-state index contributed by atoms with van der Waals surface area (Å²) >= 11 is 7.75. The van der Waals surface area contributed by atoms with Crippen LogP contribution in [0.25, 0.3) is 0 Å². The molecule has 0 radical (unpaired) electrons. The largest absolute Gasteiger partial charge is 0.304 e. The fraction of sp³-hybridized carbons (Fsp3) is 0.357. The summed E-state index contributed by atoms with van der Waals surface area (Å²) < 4.78 is 13.0. The van der Waals surface area contributed by atoms with Gasteiger partial charge in [0, 0.05) is 28.7 Å². The number of thiazole rings is 1. The number of hydrogen-bond donors (Lipinski definition) is 1. The number of nitrogens with zero attached hydrogens (tertiary/aromatic N) is 1. The molecule has 0 saturated heterocycles. The number of aryl methyl sites for hydroxylation is 1. The molecule has 0 saturated carbocycles. The van der Waals surface area contributed by atoms with Gasteiger partial charge in [0.05, 0.1) is 0 Å². The molecule has 0 aliphatic rings. The monoisotopic (exact) mass is 298 g/mol. The number of benzene rings is 1. The van der Waals surface area contributed by atoms with Crippen LogP contribution in [0.3, 0.4) is 0 Å². The first-order valence-electron chi connectivity index (χ1n) is 6.22. The van der Waals surface area contributed by atoms with E-state index in [0.717, 1.165) is 17.0 Å². The van der Waals surface area contributed by atoms with Gasteiger partial charge in [-0.3, -0.25) is 0 Å². The molecular formula is C14H16ClFN2S. The second-order valence-electron chi connectivity index (χ2n) is 4.34. The number of nitrogens with one attached hydrogen (secondary N) is 1. The highest BCUT2D eigenvalue weighted by molar-refractivity contribution is 7.11. The average Bonchev–Trinajstić information content (AvgIpc) is 2.84. The fourth-order valence-electron chi connectivity index (χ4n) is 1.80. The van der Waals surface area contributed by atoms with Crippen LogP contribution in [0.2, 0.25) is 5.02 Å². The fourth-order valence-corrected chi connectivity index (χ4v) is 2.94. The molecule has 1 atom stereocenters. The van der Waals surface area contributed by atoms with E-state index in [2.05, 4.69) is 17.2 Å². The van der Waals surface area contributed by atoms with Crippen LogP contribution < -0.4 is 5.32 Å². The molecule has 2 aromatic rings. The van der Waals surface area contributed by atoms with Crippen LogP contribution in [-0.4, -0.2) is 4.98 Å². The first-order valence-corrected chi connectivity index (χ1v) is 7.41. The SMILES string of the molecule is CCc1cnc(CNC(C)c2ccc(F)cc2Cl)s1. The lowest BCUT2D eigenvalue weighted by atomic mass is 10.1. The van der Waals surface area contributed by atoms with Crippen molar-refractivity contribution in [3.8, 4) is 0 Å². The Morgan fingerprint density at radius 1 is 1.47 bits per heavy atom. The molecule has 1 unspecified atom stereocenters. The second-order valence-corrected chi connectivity index (χ2v) is 5.95. The van der Waals surface area contributed by atoms with Crippen LogP contribution in [0.15, 0.2) is 24.4 Å². The summed E-state index contributed by atoms with van der Waals surface area (Å²) in [6.45, 7) is 4.82. The molecule has 5 heteroatoms. The molecule has 0 aliphatic heterocycles. The predicted molar refractivity (Wildman–Crippen MR) is 78.2 cm³/mol. The van der Waals surface area contributed by atoms with Crippen molar-refractivity contribution in [2.24, 2.45) is 0 Å². The highest BCUT2D eigenvalue weighted by Crippen LogP contribution is 2.24. The highest BCUT2D eigenvalue weighted by atomic mass is 35.5. The Labute approximate surface area is 121 Å². The second kappa shape index (κ2) is 6.46. The smallest absolute Gasteiger partial charge is 0.124 e. The van der Waals surface area contributed by atoms with E-state index in [1.54, 1.807) is 17.4 Å². The van der Waals surface area contributed by atoms with Gasteiger partial charge in [0.25, 0.3) is 0 Å². The van der Waals surface area contributed by atoms with Gasteiger partial charge in [-0.2, -0.15) is 0 Å². The maximum atomic E-state index is 13.0. The van der Waals surface area contributed by atoms with E-state index < -0.39 is 0 Å². The minimum atomic E-state index is -0.312. The van der Waals surface area contributed by atoms with Gasteiger partial charge in [0.2, 0.25) is 0 Å². The topological polar surface area (TPSA) is 24.9 Å². The number of halogens is 2. The van der Waals surface area contributed by atoms with E-state index >= 15 is 0 Å². The van der Waals surface area contributed by atoms with Crippen LogP contribution >= 0.6 is 22.9 Å². The van der Waals surface area contributed by atoms with Crippen molar-refractivity contribution in [2.75, 3.05) is 0 Å². The number of aromatic nitrogens is 1. The highest BCUT2D eigenvalue weighted by Gasteiger charge is 2.11. The molecule has 19 heavy (non-hydrogen) atoms. The Kier molecular flexibility index (Phi) is 4.91. The minimum absolute atomic E-state index is 0.0575. The predicted octanol–water partition coefficient (Wildman–Crippen LogP) is 4.35. The lowest BCUT2D eigenvalue weighted by molar-refractivity contribution is 0.570. The summed E-state index contributed by atoms with van der Waals surface area (Å²) in [4.78, 5) is 5.63. The van der Waals surface area contributed by atoms with Gasteiger partial charge < -0.3 is 5.32 Å². The van der Waals surface area contributed by atoms with Crippen molar-refractivity contribution in [1.82, 2.24) is 10.3 Å². The molecular weight excluding hydrogens is 283 g/mol. The Bertz CT molecular complexity index is 556. The first-order chi connectivity index (χ1) is 9.10. The Morgan fingerprint density at radius 2 is 2.26 bits per heavy atom. The summed E-state index contributed by atoms with van der Waals surface area (Å²) in [6.07, 6.45) is 2.92. The number of hydrogen-bond acceptors (Lipinski definition) is 3. The third-order valence-electron chi connectivity index (χ3n) is 2.94. The first kappa shape index (κ1) is 14.4. The molecule has 0 amide bonds. The Hall–Kier alpha value is -0.970. The van der Waals surface area contributed by atoms with Gasteiger partial charge >= 0.3 is 0 Å². The van der Waals surface area contributed by atoms with Gasteiger partial charge in [0.1, 0.15) is 10.8 Å². The molecule has 0 fully saturated rings. The molecule has 1 aromatic carbocycles. The van der Waals surface area contributed by atoms with Crippen LogP contribution in [0.4, 0.5) is 4.39 Å². The van der Waals surface area contributed by atoms with Crippen molar-refractivity contribution >= 4 is 22.9 Å². The van der Waals surface area contributed by atoms with Crippen molar-refractivity contribution in [1.29, 1.82) is 0 Å². The summed E-state index contributed by atoms with van der Waals surface area (Å²) in [5.41, 5.74) is 0.898. The van der Waals surface area contributed by atoms with Crippen LogP contribution in [0.5, 0.6) is 0 Å². The van der Waals surface area contributed by atoms with Gasteiger partial charge in [-0.25, -0.2) is 9.37 Å². The Morgan fingerprint density at radius 3 is 2.89 bits per heavy atom. The standard InChI is InChI=1S/C14H16ClFN2S/c1-3-11-7-18-14(19-11)8-17-9(2)12-5-4-10(16)6-13(12)15/h4-7,9,17H,3,8H2,1-2H3. The van der Waals surface area contributed by atoms with Gasteiger partial charge in [-0.15, -0.1) is 11.3 Å². The molecule has 2 nitrogen and oxygen atoms in total. The lowest BCUT2D eigenvalue weighted by Crippen LogP contribution is -2.18. The van der Waals surface area contributed by atoms with Gasteiger partial charge in [0.15, 0.2) is 0 Å². The molecule has 2 rings (SSSR count). The Balaban J connectivity index is 1.98. The van der Waals surface area contributed by atoms with Crippen LogP contribution in [0, 0.1) is 5.82 Å². The quantitative estimate of drug-likeness (QED) is 0.888. The van der Waals surface area contributed by atoms with Gasteiger partial charge in [-0.05, 0) is 31.0 Å². The number of rotatable bonds is 5. The molecule has 0 aliphatic carbocycles. The molecule has 1 heterocycles. The van der Waals surface area contributed by atoms with E-state index in [9.17, 15) is 4.39 Å². The van der Waals surface area contributed by atoms with Crippen molar-refractivity contribution in [2.45, 2.75) is 32.9 Å². The maximum absolute atomic E-state index is 13.0. The van der Waals surface area contributed by atoms with Crippen molar-refractivity contribution in [3.05, 3.63) is 50.7 Å². The summed E-state index contributed by atoms with van der Waals surface area (Å²) in [7, 11) is 0. The lowest BCUT2D eigenvalue weighted by Gasteiger charge is -2.14. The van der Waals surface area contributed by atoms with E-state index in [4.69, 9.17) is 11.6 Å². The van der Waals surface area contributed by atoms with Crippen LogP contribution in [0.1, 0.15) is 35.3 Å².